The van der Waals surface area contributed by atoms with Crippen LogP contribution in [0.1, 0.15) is 11.1 Å². The molecule has 1 aromatic carbocycles. The highest BCUT2D eigenvalue weighted by Crippen LogP contribution is 2.17. The standard InChI is InChI=1S/C18H17N3O3/c22-18(23)11-14-3-1-13(2-4-14)8-10-24-15-5-6-16(19-12-15)17-7-9-20-21-17/h1-7,9,12H,8,10-11H2,(H,20,21)(H,22,23). The van der Waals surface area contributed by atoms with Gasteiger partial charge in [-0.2, -0.15) is 5.10 Å². The molecule has 0 spiro atoms. The highest BCUT2D eigenvalue weighted by atomic mass is 16.5. The first-order valence-corrected chi connectivity index (χ1v) is 7.59. The van der Waals surface area contributed by atoms with Crippen molar-refractivity contribution in [2.45, 2.75) is 12.8 Å². The molecule has 122 valence electrons. The summed E-state index contributed by atoms with van der Waals surface area (Å²) < 4.78 is 5.69. The molecular weight excluding hydrogens is 306 g/mol. The monoisotopic (exact) mass is 323 g/mol. The fourth-order valence-electron chi connectivity index (χ4n) is 2.31. The van der Waals surface area contributed by atoms with E-state index < -0.39 is 5.97 Å². The van der Waals surface area contributed by atoms with Gasteiger partial charge >= 0.3 is 5.97 Å². The van der Waals surface area contributed by atoms with E-state index in [0.717, 1.165) is 28.9 Å². The third kappa shape index (κ3) is 4.19. The number of carboxylic acids is 1. The van der Waals surface area contributed by atoms with Gasteiger partial charge < -0.3 is 9.84 Å². The van der Waals surface area contributed by atoms with E-state index >= 15 is 0 Å². The number of pyridine rings is 1. The molecule has 0 aliphatic rings. The number of ether oxygens (including phenoxy) is 1. The topological polar surface area (TPSA) is 88.1 Å². The molecular formula is C18H17N3O3. The minimum Gasteiger partial charge on any atom is -0.492 e. The molecule has 0 radical (unpaired) electrons. The zero-order valence-corrected chi connectivity index (χ0v) is 13.0. The number of carboxylic acid groups (broad SMARTS) is 1. The van der Waals surface area contributed by atoms with Gasteiger partial charge in [0.2, 0.25) is 0 Å². The van der Waals surface area contributed by atoms with E-state index in [1.54, 1.807) is 12.4 Å². The van der Waals surface area contributed by atoms with Gasteiger partial charge in [-0.25, -0.2) is 0 Å². The van der Waals surface area contributed by atoms with Gasteiger partial charge in [-0.3, -0.25) is 14.9 Å². The predicted molar refractivity (Wildman–Crippen MR) is 88.8 cm³/mol. The highest BCUT2D eigenvalue weighted by molar-refractivity contribution is 5.70. The van der Waals surface area contributed by atoms with Crippen molar-refractivity contribution in [3.63, 3.8) is 0 Å². The van der Waals surface area contributed by atoms with Crippen molar-refractivity contribution >= 4 is 5.97 Å². The van der Waals surface area contributed by atoms with Crippen molar-refractivity contribution in [2.24, 2.45) is 0 Å². The van der Waals surface area contributed by atoms with Crippen LogP contribution in [0.2, 0.25) is 0 Å². The molecule has 0 bridgehead atoms. The minimum absolute atomic E-state index is 0.0468. The van der Waals surface area contributed by atoms with Crippen molar-refractivity contribution in [1.29, 1.82) is 0 Å². The van der Waals surface area contributed by atoms with Gasteiger partial charge in [0, 0.05) is 12.6 Å². The van der Waals surface area contributed by atoms with E-state index in [-0.39, 0.29) is 6.42 Å². The largest absolute Gasteiger partial charge is 0.492 e. The Hall–Kier alpha value is -3.15. The molecule has 6 heteroatoms. The first kappa shape index (κ1) is 15.7. The summed E-state index contributed by atoms with van der Waals surface area (Å²) in [6, 6.07) is 13.1. The summed E-state index contributed by atoms with van der Waals surface area (Å²) in [7, 11) is 0. The zero-order chi connectivity index (χ0) is 16.8. The van der Waals surface area contributed by atoms with Crippen molar-refractivity contribution in [3.05, 3.63) is 66.0 Å². The molecule has 6 nitrogen and oxygen atoms in total. The number of benzene rings is 1. The van der Waals surface area contributed by atoms with Crippen LogP contribution in [0.25, 0.3) is 11.4 Å². The molecule has 0 saturated heterocycles. The Kier molecular flexibility index (Phi) is 4.86. The maximum absolute atomic E-state index is 10.7. The van der Waals surface area contributed by atoms with Gasteiger partial charge in [0.1, 0.15) is 5.75 Å². The quantitative estimate of drug-likeness (QED) is 0.698. The Morgan fingerprint density at radius 3 is 2.50 bits per heavy atom. The van der Waals surface area contributed by atoms with Crippen molar-refractivity contribution in [2.75, 3.05) is 6.61 Å². The van der Waals surface area contributed by atoms with Crippen LogP contribution in [-0.2, 0) is 17.6 Å². The number of rotatable bonds is 7. The van der Waals surface area contributed by atoms with Gasteiger partial charge in [0.25, 0.3) is 0 Å². The van der Waals surface area contributed by atoms with Crippen LogP contribution >= 0.6 is 0 Å². The molecule has 0 aliphatic carbocycles. The molecule has 0 unspecified atom stereocenters. The normalized spacial score (nSPS) is 10.5. The number of hydrogen-bond acceptors (Lipinski definition) is 4. The molecule has 0 amide bonds. The number of aromatic nitrogens is 3. The Labute approximate surface area is 139 Å². The van der Waals surface area contributed by atoms with E-state index in [0.29, 0.717) is 12.4 Å². The van der Waals surface area contributed by atoms with Gasteiger partial charge in [0.15, 0.2) is 0 Å². The third-order valence-electron chi connectivity index (χ3n) is 3.55. The lowest BCUT2D eigenvalue weighted by atomic mass is 10.1. The summed E-state index contributed by atoms with van der Waals surface area (Å²) >= 11 is 0. The molecule has 2 heterocycles. The summed E-state index contributed by atoms with van der Waals surface area (Å²) in [5, 5.41) is 15.5. The Bertz CT molecular complexity index is 781. The van der Waals surface area contributed by atoms with Crippen LogP contribution in [0.15, 0.2) is 54.9 Å². The van der Waals surface area contributed by atoms with Crippen LogP contribution in [-0.4, -0.2) is 32.9 Å². The van der Waals surface area contributed by atoms with E-state index in [1.807, 2.05) is 42.5 Å². The highest BCUT2D eigenvalue weighted by Gasteiger charge is 2.03. The predicted octanol–water partition coefficient (Wildman–Crippen LogP) is 2.72. The summed E-state index contributed by atoms with van der Waals surface area (Å²) in [5.74, 6) is -0.113. The van der Waals surface area contributed by atoms with Gasteiger partial charge in [0.05, 0.1) is 30.6 Å². The van der Waals surface area contributed by atoms with Crippen LogP contribution < -0.4 is 4.74 Å². The summed E-state index contributed by atoms with van der Waals surface area (Å²) in [5.41, 5.74) is 3.58. The smallest absolute Gasteiger partial charge is 0.307 e. The van der Waals surface area contributed by atoms with E-state index in [2.05, 4.69) is 15.2 Å². The SMILES string of the molecule is O=C(O)Cc1ccc(CCOc2ccc(-c3ccn[nH]3)nc2)cc1. The number of hydrogen-bond donors (Lipinski definition) is 2. The molecule has 0 aliphatic heterocycles. The Balaban J connectivity index is 1.50. The lowest BCUT2D eigenvalue weighted by Gasteiger charge is -2.07. The van der Waals surface area contributed by atoms with E-state index in [9.17, 15) is 4.79 Å². The third-order valence-corrected chi connectivity index (χ3v) is 3.55. The van der Waals surface area contributed by atoms with E-state index in [1.165, 1.54) is 0 Å². The summed E-state index contributed by atoms with van der Waals surface area (Å²) in [6.45, 7) is 0.531. The van der Waals surface area contributed by atoms with E-state index in [4.69, 9.17) is 9.84 Å². The van der Waals surface area contributed by atoms with Gasteiger partial charge in [-0.05, 0) is 29.3 Å². The number of aliphatic carboxylic acids is 1. The average Bonchev–Trinajstić information content (AvgIpc) is 3.11. The van der Waals surface area contributed by atoms with Gasteiger partial charge in [-0.1, -0.05) is 24.3 Å². The second-order valence-electron chi connectivity index (χ2n) is 5.33. The van der Waals surface area contributed by atoms with Crippen LogP contribution in [0, 0.1) is 0 Å². The number of aromatic amines is 1. The Morgan fingerprint density at radius 1 is 1.08 bits per heavy atom. The second kappa shape index (κ2) is 7.41. The molecule has 0 atom stereocenters. The number of H-pyrrole nitrogens is 1. The van der Waals surface area contributed by atoms with Crippen LogP contribution in [0.5, 0.6) is 5.75 Å². The number of carbonyl (C=O) groups is 1. The molecule has 2 aromatic heterocycles. The van der Waals surface area contributed by atoms with Crippen molar-refractivity contribution in [1.82, 2.24) is 15.2 Å². The fourth-order valence-corrected chi connectivity index (χ4v) is 2.31. The van der Waals surface area contributed by atoms with Crippen LogP contribution in [0.4, 0.5) is 0 Å². The maximum atomic E-state index is 10.7. The number of nitrogens with zero attached hydrogens (tertiary/aromatic N) is 2. The lowest BCUT2D eigenvalue weighted by molar-refractivity contribution is -0.136. The summed E-state index contributed by atoms with van der Waals surface area (Å²) in [6.07, 6.45) is 4.16. The fraction of sp³-hybridized carbons (Fsp3) is 0.167. The van der Waals surface area contributed by atoms with Crippen molar-refractivity contribution < 1.29 is 14.6 Å². The molecule has 3 aromatic rings. The molecule has 0 fully saturated rings. The lowest BCUT2D eigenvalue weighted by Crippen LogP contribution is -2.03. The van der Waals surface area contributed by atoms with Crippen LogP contribution in [0.3, 0.4) is 0 Å². The minimum atomic E-state index is -0.822. The zero-order valence-electron chi connectivity index (χ0n) is 13.0. The molecule has 3 rings (SSSR count). The summed E-state index contributed by atoms with van der Waals surface area (Å²) in [4.78, 5) is 15.0. The second-order valence-corrected chi connectivity index (χ2v) is 5.33. The maximum Gasteiger partial charge on any atom is 0.307 e. The average molecular weight is 323 g/mol. The number of nitrogens with one attached hydrogen (secondary N) is 1. The molecule has 2 N–H and O–H groups in total. The molecule has 0 saturated carbocycles. The van der Waals surface area contributed by atoms with Crippen molar-refractivity contribution in [3.8, 4) is 17.1 Å². The first-order valence-electron chi connectivity index (χ1n) is 7.59. The Morgan fingerprint density at radius 2 is 1.88 bits per heavy atom. The van der Waals surface area contributed by atoms with Gasteiger partial charge in [-0.15, -0.1) is 0 Å². The molecule has 24 heavy (non-hydrogen) atoms. The first-order chi connectivity index (χ1) is 11.7.